The average molecular weight is 282 g/mol. The molecule has 112 valence electrons. The average Bonchev–Trinajstić information content (AvgIpc) is 2.87. The molecule has 0 aliphatic heterocycles. The first-order valence-corrected chi connectivity index (χ1v) is 6.64. The lowest BCUT2D eigenvalue weighted by Gasteiger charge is -2.18. The summed E-state index contributed by atoms with van der Waals surface area (Å²) >= 11 is 0. The number of aromatic amines is 1. The zero-order valence-electron chi connectivity index (χ0n) is 12.0. The highest BCUT2D eigenvalue weighted by atomic mass is 16.4. The van der Waals surface area contributed by atoms with Crippen LogP contribution in [0.3, 0.4) is 0 Å². The molecule has 0 fully saturated rings. The van der Waals surface area contributed by atoms with Gasteiger partial charge in [-0.05, 0) is 11.8 Å². The van der Waals surface area contributed by atoms with Crippen LogP contribution in [0.5, 0.6) is 0 Å². The van der Waals surface area contributed by atoms with Gasteiger partial charge in [-0.25, -0.2) is 14.6 Å². The summed E-state index contributed by atoms with van der Waals surface area (Å²) in [5, 5.41) is 14.3. The molecule has 1 rings (SSSR count). The number of hydrogen-bond donors (Lipinski definition) is 4. The Morgan fingerprint density at radius 1 is 1.40 bits per heavy atom. The van der Waals surface area contributed by atoms with Crippen LogP contribution in [0.4, 0.5) is 4.79 Å². The Bertz CT molecular complexity index is 431. The molecule has 7 heteroatoms. The number of nitrogens with zero attached hydrogens (tertiary/aromatic N) is 1. The number of hydrogen-bond acceptors (Lipinski definition) is 3. The summed E-state index contributed by atoms with van der Waals surface area (Å²) in [5.41, 5.74) is 0.660. The van der Waals surface area contributed by atoms with Crippen LogP contribution in [0.2, 0.25) is 0 Å². The summed E-state index contributed by atoms with van der Waals surface area (Å²) in [6, 6.07) is -1.45. The molecule has 20 heavy (non-hydrogen) atoms. The fourth-order valence-electron chi connectivity index (χ4n) is 1.51. The Balaban J connectivity index is 2.45. The molecule has 0 aromatic carbocycles. The zero-order chi connectivity index (χ0) is 15.1. The molecule has 1 heterocycles. The predicted molar refractivity (Wildman–Crippen MR) is 74.3 cm³/mol. The number of aromatic nitrogens is 2. The number of carbonyl (C=O) groups is 2. The largest absolute Gasteiger partial charge is 0.480 e. The van der Waals surface area contributed by atoms with Gasteiger partial charge in [0, 0.05) is 24.9 Å². The molecule has 2 atom stereocenters. The van der Waals surface area contributed by atoms with E-state index in [0.29, 0.717) is 24.1 Å². The van der Waals surface area contributed by atoms with Crippen molar-refractivity contribution in [3.8, 4) is 0 Å². The van der Waals surface area contributed by atoms with Crippen molar-refractivity contribution in [1.29, 1.82) is 0 Å². The third kappa shape index (κ3) is 5.29. The van der Waals surface area contributed by atoms with Crippen molar-refractivity contribution in [1.82, 2.24) is 20.6 Å². The van der Waals surface area contributed by atoms with Crippen LogP contribution < -0.4 is 10.6 Å². The first-order valence-electron chi connectivity index (χ1n) is 6.64. The number of rotatable bonds is 7. The van der Waals surface area contributed by atoms with Gasteiger partial charge in [-0.15, -0.1) is 0 Å². The molecule has 1 aromatic heterocycles. The van der Waals surface area contributed by atoms with E-state index in [9.17, 15) is 9.59 Å². The van der Waals surface area contributed by atoms with E-state index >= 15 is 0 Å². The highest BCUT2D eigenvalue weighted by Gasteiger charge is 2.21. The van der Waals surface area contributed by atoms with Crippen LogP contribution in [0, 0.1) is 11.8 Å². The minimum absolute atomic E-state index is 0.169. The van der Waals surface area contributed by atoms with Crippen LogP contribution in [0.1, 0.15) is 26.5 Å². The zero-order valence-corrected chi connectivity index (χ0v) is 12.0. The number of urea groups is 1. The van der Waals surface area contributed by atoms with E-state index in [1.165, 1.54) is 12.5 Å². The number of carboxylic acid groups (broad SMARTS) is 1. The number of amides is 2. The van der Waals surface area contributed by atoms with Crippen LogP contribution >= 0.6 is 0 Å². The van der Waals surface area contributed by atoms with Gasteiger partial charge in [0.05, 0.1) is 6.33 Å². The summed E-state index contributed by atoms with van der Waals surface area (Å²) in [5.74, 6) is -0.293. The van der Waals surface area contributed by atoms with Crippen LogP contribution in [0.25, 0.3) is 0 Å². The highest BCUT2D eigenvalue weighted by molar-refractivity contribution is 5.82. The summed E-state index contributed by atoms with van der Waals surface area (Å²) in [6.45, 7) is 6.69. The molecule has 0 aliphatic rings. The minimum atomic E-state index is -1.08. The van der Waals surface area contributed by atoms with Gasteiger partial charge in [-0.1, -0.05) is 20.8 Å². The minimum Gasteiger partial charge on any atom is -0.480 e. The molecule has 2 unspecified atom stereocenters. The van der Waals surface area contributed by atoms with Crippen LogP contribution in [-0.4, -0.2) is 39.7 Å². The number of carboxylic acids is 1. The molecule has 7 nitrogen and oxygen atoms in total. The molecule has 0 bridgehead atoms. The third-order valence-electron chi connectivity index (χ3n) is 3.30. The summed E-state index contributed by atoms with van der Waals surface area (Å²) in [6.07, 6.45) is 3.18. The standard InChI is InChI=1S/C13H22N4O3/c1-8(2)9(3)5-15-13(20)17-11(12(18)19)4-10-6-14-7-16-10/h6-9,11H,4-5H2,1-3H3,(H,14,16)(H,18,19)(H2,15,17,20). The number of carbonyl (C=O) groups excluding carboxylic acids is 1. The quantitative estimate of drug-likeness (QED) is 0.598. The van der Waals surface area contributed by atoms with Gasteiger partial charge < -0.3 is 20.7 Å². The highest BCUT2D eigenvalue weighted by Crippen LogP contribution is 2.07. The molecule has 1 aromatic rings. The van der Waals surface area contributed by atoms with Crippen molar-refractivity contribution >= 4 is 12.0 Å². The van der Waals surface area contributed by atoms with Crippen molar-refractivity contribution in [2.45, 2.75) is 33.2 Å². The first-order chi connectivity index (χ1) is 9.40. The lowest BCUT2D eigenvalue weighted by atomic mass is 9.98. The molecule has 2 amide bonds. The fourth-order valence-corrected chi connectivity index (χ4v) is 1.51. The molecule has 0 saturated heterocycles. The van der Waals surface area contributed by atoms with Gasteiger partial charge in [0.2, 0.25) is 0 Å². The van der Waals surface area contributed by atoms with Crippen LogP contribution in [-0.2, 0) is 11.2 Å². The molecule has 0 aliphatic carbocycles. The van der Waals surface area contributed by atoms with E-state index in [0.717, 1.165) is 0 Å². The van der Waals surface area contributed by atoms with E-state index in [1.807, 2.05) is 6.92 Å². The van der Waals surface area contributed by atoms with Gasteiger partial charge in [-0.2, -0.15) is 0 Å². The Morgan fingerprint density at radius 3 is 2.60 bits per heavy atom. The second-order valence-corrected chi connectivity index (χ2v) is 5.25. The topological polar surface area (TPSA) is 107 Å². The van der Waals surface area contributed by atoms with Crippen molar-refractivity contribution < 1.29 is 14.7 Å². The molecular weight excluding hydrogens is 260 g/mol. The van der Waals surface area contributed by atoms with Crippen LogP contribution in [0.15, 0.2) is 12.5 Å². The van der Waals surface area contributed by atoms with E-state index in [2.05, 4.69) is 34.4 Å². The van der Waals surface area contributed by atoms with Gasteiger partial charge in [0.25, 0.3) is 0 Å². The number of aliphatic carboxylic acids is 1. The second kappa shape index (κ2) is 7.52. The van der Waals surface area contributed by atoms with E-state index < -0.39 is 18.0 Å². The molecular formula is C13H22N4O3. The van der Waals surface area contributed by atoms with Crippen molar-refractivity contribution in [3.63, 3.8) is 0 Å². The second-order valence-electron chi connectivity index (χ2n) is 5.25. The smallest absolute Gasteiger partial charge is 0.326 e. The number of imidazole rings is 1. The van der Waals surface area contributed by atoms with E-state index in [1.54, 1.807) is 0 Å². The maximum absolute atomic E-state index is 11.7. The maximum atomic E-state index is 11.7. The van der Waals surface area contributed by atoms with Crippen molar-refractivity contribution in [3.05, 3.63) is 18.2 Å². The van der Waals surface area contributed by atoms with Gasteiger partial charge in [0.1, 0.15) is 6.04 Å². The third-order valence-corrected chi connectivity index (χ3v) is 3.30. The van der Waals surface area contributed by atoms with E-state index in [-0.39, 0.29) is 6.42 Å². The molecule has 4 N–H and O–H groups in total. The normalized spacial score (nSPS) is 13.8. The lowest BCUT2D eigenvalue weighted by Crippen LogP contribution is -2.48. The van der Waals surface area contributed by atoms with Crippen molar-refractivity contribution in [2.24, 2.45) is 11.8 Å². The first kappa shape index (κ1) is 16.0. The lowest BCUT2D eigenvalue weighted by molar-refractivity contribution is -0.139. The molecule has 0 radical (unpaired) electrons. The van der Waals surface area contributed by atoms with Gasteiger partial charge >= 0.3 is 12.0 Å². The summed E-state index contributed by atoms with van der Waals surface area (Å²) in [7, 11) is 0. The SMILES string of the molecule is CC(C)C(C)CNC(=O)NC(Cc1cnc[nH]1)C(=O)O. The number of nitrogens with one attached hydrogen (secondary N) is 3. The Kier molecular flexibility index (Phi) is 6.02. The summed E-state index contributed by atoms with van der Waals surface area (Å²) in [4.78, 5) is 29.5. The van der Waals surface area contributed by atoms with E-state index in [4.69, 9.17) is 5.11 Å². The summed E-state index contributed by atoms with van der Waals surface area (Å²) < 4.78 is 0. The molecule has 0 spiro atoms. The Morgan fingerprint density at radius 2 is 2.10 bits per heavy atom. The molecule has 0 saturated carbocycles. The Labute approximate surface area is 118 Å². The van der Waals surface area contributed by atoms with Crippen molar-refractivity contribution in [2.75, 3.05) is 6.54 Å². The monoisotopic (exact) mass is 282 g/mol. The van der Waals surface area contributed by atoms with Gasteiger partial charge in [-0.3, -0.25) is 0 Å². The Hall–Kier alpha value is -2.05. The maximum Gasteiger partial charge on any atom is 0.326 e. The number of H-pyrrole nitrogens is 1. The predicted octanol–water partition coefficient (Wildman–Crippen LogP) is 0.997. The van der Waals surface area contributed by atoms with Gasteiger partial charge in [0.15, 0.2) is 0 Å². The fraction of sp³-hybridized carbons (Fsp3) is 0.615.